The molecule has 1 aliphatic heterocycles. The molecular weight excluding hydrogens is 280 g/mol. The first-order chi connectivity index (χ1) is 9.38. The molecule has 1 aromatic carbocycles. The van der Waals surface area contributed by atoms with Crippen LogP contribution < -0.4 is 5.43 Å². The number of rotatable bonds is 2. The first-order valence-corrected chi connectivity index (χ1v) is 5.88. The van der Waals surface area contributed by atoms with Crippen LogP contribution in [0.3, 0.4) is 0 Å². The van der Waals surface area contributed by atoms with Crippen molar-refractivity contribution in [2.24, 2.45) is 0 Å². The summed E-state index contributed by atoms with van der Waals surface area (Å²) in [6, 6.07) is 1.74. The van der Waals surface area contributed by atoms with E-state index in [0.717, 1.165) is 0 Å². The summed E-state index contributed by atoms with van der Waals surface area (Å²) in [4.78, 5) is 11.8. The van der Waals surface area contributed by atoms with E-state index >= 15 is 0 Å². The average Bonchev–Trinajstić information content (AvgIpc) is 2.39. The molecule has 1 fully saturated rings. The van der Waals surface area contributed by atoms with Crippen LogP contribution in [0.4, 0.5) is 17.6 Å². The molecule has 2 rings (SSSR count). The van der Waals surface area contributed by atoms with Crippen molar-refractivity contribution in [3.05, 3.63) is 35.1 Å². The van der Waals surface area contributed by atoms with Gasteiger partial charge in [0.1, 0.15) is 5.82 Å². The van der Waals surface area contributed by atoms with Gasteiger partial charge < -0.3 is 4.74 Å². The van der Waals surface area contributed by atoms with Crippen LogP contribution in [-0.4, -0.2) is 37.2 Å². The highest BCUT2D eigenvalue weighted by molar-refractivity contribution is 5.94. The quantitative estimate of drug-likeness (QED) is 0.845. The number of nitrogens with zero attached hydrogens (tertiary/aromatic N) is 1. The Hall–Kier alpha value is -1.67. The van der Waals surface area contributed by atoms with Gasteiger partial charge in [-0.3, -0.25) is 10.2 Å². The number of carbonyl (C=O) groups excluding carboxylic acids is 1. The molecule has 0 atom stereocenters. The molecule has 0 aromatic heterocycles. The summed E-state index contributed by atoms with van der Waals surface area (Å²) in [5.41, 5.74) is 0.665. The zero-order chi connectivity index (χ0) is 14.8. The number of alkyl halides is 3. The summed E-state index contributed by atoms with van der Waals surface area (Å²) < 4.78 is 56.2. The van der Waals surface area contributed by atoms with Crippen molar-refractivity contribution in [1.82, 2.24) is 10.4 Å². The van der Waals surface area contributed by atoms with E-state index in [0.29, 0.717) is 44.5 Å². The van der Waals surface area contributed by atoms with Gasteiger partial charge >= 0.3 is 6.18 Å². The molecule has 8 heteroatoms. The third kappa shape index (κ3) is 3.45. The van der Waals surface area contributed by atoms with Gasteiger partial charge in [0.15, 0.2) is 0 Å². The fraction of sp³-hybridized carbons (Fsp3) is 0.417. The molecule has 0 radical (unpaired) electrons. The molecule has 20 heavy (non-hydrogen) atoms. The first-order valence-electron chi connectivity index (χ1n) is 5.88. The molecule has 0 bridgehead atoms. The predicted molar refractivity (Wildman–Crippen MR) is 61.3 cm³/mol. The molecule has 0 spiro atoms. The Labute approximate surface area is 112 Å². The summed E-state index contributed by atoms with van der Waals surface area (Å²) in [6.45, 7) is 1.58. The Morgan fingerprint density at radius 2 is 1.90 bits per heavy atom. The van der Waals surface area contributed by atoms with Gasteiger partial charge in [-0.1, -0.05) is 0 Å². The zero-order valence-corrected chi connectivity index (χ0v) is 10.3. The van der Waals surface area contributed by atoms with E-state index < -0.39 is 29.0 Å². The highest BCUT2D eigenvalue weighted by atomic mass is 19.4. The van der Waals surface area contributed by atoms with Crippen LogP contribution in [0.15, 0.2) is 18.2 Å². The number of ether oxygens (including phenoxy) is 1. The molecule has 0 unspecified atom stereocenters. The first kappa shape index (κ1) is 14.7. The summed E-state index contributed by atoms with van der Waals surface area (Å²) in [5.74, 6) is -1.90. The Kier molecular flexibility index (Phi) is 4.24. The number of halogens is 4. The molecule has 0 saturated carbocycles. The predicted octanol–water partition coefficient (Wildman–Crippen LogP) is 1.82. The highest BCUT2D eigenvalue weighted by Crippen LogP contribution is 2.30. The number of morpholine rings is 1. The van der Waals surface area contributed by atoms with Crippen LogP contribution in [0.25, 0.3) is 0 Å². The van der Waals surface area contributed by atoms with Crippen molar-refractivity contribution in [2.45, 2.75) is 6.18 Å². The number of hydrogen-bond acceptors (Lipinski definition) is 3. The molecule has 1 saturated heterocycles. The van der Waals surface area contributed by atoms with Crippen molar-refractivity contribution < 1.29 is 27.1 Å². The topological polar surface area (TPSA) is 41.6 Å². The molecule has 1 aromatic rings. The minimum atomic E-state index is -4.62. The third-order valence-electron chi connectivity index (χ3n) is 2.81. The second-order valence-corrected chi connectivity index (χ2v) is 4.23. The van der Waals surface area contributed by atoms with Gasteiger partial charge in [0.25, 0.3) is 5.91 Å². The lowest BCUT2D eigenvalue weighted by atomic mass is 10.1. The van der Waals surface area contributed by atoms with Gasteiger partial charge in [-0.25, -0.2) is 9.40 Å². The molecule has 0 aliphatic carbocycles. The van der Waals surface area contributed by atoms with Gasteiger partial charge in [0.05, 0.1) is 24.3 Å². The normalized spacial score (nSPS) is 17.0. The van der Waals surface area contributed by atoms with Crippen molar-refractivity contribution in [3.63, 3.8) is 0 Å². The van der Waals surface area contributed by atoms with Crippen molar-refractivity contribution >= 4 is 5.91 Å². The smallest absolute Gasteiger partial charge is 0.379 e. The van der Waals surface area contributed by atoms with Gasteiger partial charge in [0.2, 0.25) is 0 Å². The van der Waals surface area contributed by atoms with Gasteiger partial charge in [-0.2, -0.15) is 13.2 Å². The lowest BCUT2D eigenvalue weighted by Gasteiger charge is -2.27. The minimum absolute atomic E-state index is 0.394. The van der Waals surface area contributed by atoms with E-state index in [1.807, 2.05) is 0 Å². The standard InChI is InChI=1S/C12H12F4N2O2/c13-10-2-1-8(12(14,15)16)7-9(10)11(19)17-18-3-5-20-6-4-18/h1-2,7H,3-6H2,(H,17,19). The third-order valence-corrected chi connectivity index (χ3v) is 2.81. The molecule has 1 aliphatic rings. The molecule has 110 valence electrons. The number of amides is 1. The SMILES string of the molecule is O=C(NN1CCOCC1)c1cc(C(F)(F)F)ccc1F. The van der Waals surface area contributed by atoms with Gasteiger partial charge in [-0.05, 0) is 18.2 Å². The molecule has 4 nitrogen and oxygen atoms in total. The van der Waals surface area contributed by atoms with Crippen LogP contribution in [0.5, 0.6) is 0 Å². The number of nitrogens with one attached hydrogen (secondary N) is 1. The molecule has 1 amide bonds. The van der Waals surface area contributed by atoms with Crippen LogP contribution in [0.2, 0.25) is 0 Å². The second-order valence-electron chi connectivity index (χ2n) is 4.23. The molecule has 1 heterocycles. The number of benzene rings is 1. The van der Waals surface area contributed by atoms with Crippen LogP contribution in [0, 0.1) is 5.82 Å². The fourth-order valence-corrected chi connectivity index (χ4v) is 1.75. The monoisotopic (exact) mass is 292 g/mol. The zero-order valence-electron chi connectivity index (χ0n) is 10.3. The fourth-order valence-electron chi connectivity index (χ4n) is 1.75. The molecule has 1 N–H and O–H groups in total. The van der Waals surface area contributed by atoms with E-state index in [1.54, 1.807) is 0 Å². The van der Waals surface area contributed by atoms with Crippen molar-refractivity contribution in [2.75, 3.05) is 26.3 Å². The van der Waals surface area contributed by atoms with Crippen LogP contribution >= 0.6 is 0 Å². The van der Waals surface area contributed by atoms with Crippen molar-refractivity contribution in [1.29, 1.82) is 0 Å². The summed E-state index contributed by atoms with van der Waals surface area (Å²) in [6.07, 6.45) is -4.62. The Morgan fingerprint density at radius 1 is 1.25 bits per heavy atom. The van der Waals surface area contributed by atoms with Crippen molar-refractivity contribution in [3.8, 4) is 0 Å². The van der Waals surface area contributed by atoms with Crippen LogP contribution in [-0.2, 0) is 10.9 Å². The van der Waals surface area contributed by atoms with E-state index in [1.165, 1.54) is 5.01 Å². The Bertz CT molecular complexity index is 499. The summed E-state index contributed by atoms with van der Waals surface area (Å²) in [5, 5.41) is 1.48. The number of carbonyl (C=O) groups is 1. The Morgan fingerprint density at radius 3 is 2.50 bits per heavy atom. The highest BCUT2D eigenvalue weighted by Gasteiger charge is 2.32. The largest absolute Gasteiger partial charge is 0.416 e. The maximum atomic E-state index is 13.5. The lowest BCUT2D eigenvalue weighted by molar-refractivity contribution is -0.137. The minimum Gasteiger partial charge on any atom is -0.379 e. The summed E-state index contributed by atoms with van der Waals surface area (Å²) >= 11 is 0. The number of hydrazine groups is 1. The van der Waals surface area contributed by atoms with Gasteiger partial charge in [0, 0.05) is 13.1 Å². The maximum Gasteiger partial charge on any atom is 0.416 e. The maximum absolute atomic E-state index is 13.5. The van der Waals surface area contributed by atoms with E-state index in [-0.39, 0.29) is 0 Å². The number of hydrogen-bond donors (Lipinski definition) is 1. The summed E-state index contributed by atoms with van der Waals surface area (Å²) in [7, 11) is 0. The van der Waals surface area contributed by atoms with Gasteiger partial charge in [-0.15, -0.1) is 0 Å². The van der Waals surface area contributed by atoms with E-state index in [4.69, 9.17) is 4.74 Å². The lowest BCUT2D eigenvalue weighted by Crippen LogP contribution is -2.48. The van der Waals surface area contributed by atoms with E-state index in [9.17, 15) is 22.4 Å². The Balaban J connectivity index is 2.16. The van der Waals surface area contributed by atoms with Crippen LogP contribution in [0.1, 0.15) is 15.9 Å². The average molecular weight is 292 g/mol. The van der Waals surface area contributed by atoms with E-state index in [2.05, 4.69) is 5.43 Å². The second kappa shape index (κ2) is 5.76. The molecular formula is C12H12F4N2O2.